The predicted octanol–water partition coefficient (Wildman–Crippen LogP) is 5.25. The number of fused-ring (bicyclic) bond motifs is 1. The van der Waals surface area contributed by atoms with Crippen molar-refractivity contribution >= 4 is 34.9 Å². The minimum atomic E-state index is -0.875. The number of hydrogen-bond acceptors (Lipinski definition) is 9. The maximum atomic E-state index is 12.2. The van der Waals surface area contributed by atoms with Crippen molar-refractivity contribution in [2.45, 2.75) is 46.3 Å². The molecule has 0 unspecified atom stereocenters. The van der Waals surface area contributed by atoms with E-state index in [1.54, 1.807) is 60.7 Å². The van der Waals surface area contributed by atoms with Crippen molar-refractivity contribution in [3.63, 3.8) is 0 Å². The number of rotatable bonds is 6. The van der Waals surface area contributed by atoms with Crippen LogP contribution in [0.3, 0.4) is 0 Å². The summed E-state index contributed by atoms with van der Waals surface area (Å²) in [5, 5.41) is 23.8. The number of carbonyl (C=O) groups excluding carboxylic acids is 1. The average Bonchev–Trinajstić information content (AvgIpc) is 3.64. The van der Waals surface area contributed by atoms with Gasteiger partial charge in [0, 0.05) is 0 Å². The lowest BCUT2D eigenvalue weighted by Gasteiger charge is -2.14. The monoisotopic (exact) mass is 655 g/mol. The molecule has 1 saturated heterocycles. The average molecular weight is 656 g/mol. The first-order valence-electron chi connectivity index (χ1n) is 15.0. The zero-order valence-corrected chi connectivity index (χ0v) is 26.9. The number of nitrogens with zero attached hydrogens (tertiary/aromatic N) is 2. The number of benzene rings is 3. The fraction of sp³-hybridized carbons (Fsp3) is 0.257. The first-order chi connectivity index (χ1) is 22.8. The molecule has 1 fully saturated rings. The van der Waals surface area contributed by atoms with Crippen molar-refractivity contribution in [3.8, 4) is 0 Å². The van der Waals surface area contributed by atoms with Crippen molar-refractivity contribution < 1.29 is 34.1 Å². The fourth-order valence-electron chi connectivity index (χ4n) is 4.87. The van der Waals surface area contributed by atoms with Gasteiger partial charge in [-0.25, -0.2) is 19.4 Å². The van der Waals surface area contributed by atoms with Crippen LogP contribution in [0.5, 0.6) is 0 Å². The SMILES string of the molecule is Cc1ccc(C(=O)O)cc1.Cc1ccc(C(=O)O)cc1.Cc1ccc(C(=O)OC[C@@H]2C[C@H](C)[C@H](c3[nH]nc4c(=O)[nH]c(N)nc34)O2)cc1. The van der Waals surface area contributed by atoms with E-state index in [-0.39, 0.29) is 42.2 Å². The number of esters is 1. The highest BCUT2D eigenvalue weighted by atomic mass is 16.6. The van der Waals surface area contributed by atoms with Gasteiger partial charge in [0.25, 0.3) is 5.56 Å². The van der Waals surface area contributed by atoms with Crippen molar-refractivity contribution in [1.82, 2.24) is 20.2 Å². The molecule has 0 bridgehead atoms. The largest absolute Gasteiger partial charge is 0.478 e. The number of carboxylic acid groups (broad SMARTS) is 2. The van der Waals surface area contributed by atoms with Gasteiger partial charge in [-0.15, -0.1) is 0 Å². The summed E-state index contributed by atoms with van der Waals surface area (Å²) in [6, 6.07) is 20.7. The number of aromatic carboxylic acids is 2. The van der Waals surface area contributed by atoms with Gasteiger partial charge in [-0.2, -0.15) is 5.10 Å². The number of aromatic amines is 2. The summed E-state index contributed by atoms with van der Waals surface area (Å²) >= 11 is 0. The van der Waals surface area contributed by atoms with Gasteiger partial charge in [-0.3, -0.25) is 14.9 Å². The topological polar surface area (TPSA) is 211 Å². The quantitative estimate of drug-likeness (QED) is 0.149. The van der Waals surface area contributed by atoms with Gasteiger partial charge in [0.2, 0.25) is 5.95 Å². The zero-order valence-electron chi connectivity index (χ0n) is 26.9. The molecule has 0 saturated carbocycles. The molecule has 0 radical (unpaired) electrons. The highest BCUT2D eigenvalue weighted by molar-refractivity contribution is 5.89. The van der Waals surface area contributed by atoms with Gasteiger partial charge in [0.05, 0.1) is 28.5 Å². The molecule has 13 nitrogen and oxygen atoms in total. The molecule has 48 heavy (non-hydrogen) atoms. The first kappa shape index (κ1) is 35.0. The predicted molar refractivity (Wildman–Crippen MR) is 178 cm³/mol. The molecule has 2 aromatic heterocycles. The molecular weight excluding hydrogens is 618 g/mol. The maximum Gasteiger partial charge on any atom is 0.338 e. The number of aromatic nitrogens is 4. The van der Waals surface area contributed by atoms with Crippen LogP contribution in [0, 0.1) is 26.7 Å². The highest BCUT2D eigenvalue weighted by Crippen LogP contribution is 2.39. The Bertz CT molecular complexity index is 1880. The Hall–Kier alpha value is -5.82. The summed E-state index contributed by atoms with van der Waals surface area (Å²) in [6.07, 6.45) is 0.0965. The second-order valence-electron chi connectivity index (χ2n) is 11.5. The number of carbonyl (C=O) groups is 3. The third-order valence-corrected chi connectivity index (χ3v) is 7.52. The molecule has 0 amide bonds. The van der Waals surface area contributed by atoms with Crippen LogP contribution in [-0.2, 0) is 9.47 Å². The number of anilines is 1. The molecule has 0 aliphatic carbocycles. The van der Waals surface area contributed by atoms with Gasteiger partial charge in [0.15, 0.2) is 5.52 Å². The second kappa shape index (κ2) is 15.6. The number of nitrogens with one attached hydrogen (secondary N) is 2. The van der Waals surface area contributed by atoms with Gasteiger partial charge < -0.3 is 25.4 Å². The summed E-state index contributed by atoms with van der Waals surface area (Å²) in [5.41, 5.74) is 10.8. The van der Waals surface area contributed by atoms with E-state index in [1.807, 2.05) is 39.8 Å². The molecule has 1 aliphatic rings. The molecule has 6 rings (SSSR count). The van der Waals surface area contributed by atoms with Crippen molar-refractivity contribution in [1.29, 1.82) is 0 Å². The number of hydrogen-bond donors (Lipinski definition) is 5. The normalized spacial score (nSPS) is 16.6. The Morgan fingerprint density at radius 2 is 1.31 bits per heavy atom. The summed E-state index contributed by atoms with van der Waals surface area (Å²) in [5.74, 6) is -1.99. The van der Waals surface area contributed by atoms with Gasteiger partial charge >= 0.3 is 17.9 Å². The van der Waals surface area contributed by atoms with Crippen molar-refractivity contribution in [2.75, 3.05) is 12.3 Å². The smallest absolute Gasteiger partial charge is 0.338 e. The van der Waals surface area contributed by atoms with Crippen LogP contribution >= 0.6 is 0 Å². The van der Waals surface area contributed by atoms with Gasteiger partial charge in [-0.05, 0) is 69.5 Å². The van der Waals surface area contributed by atoms with Crippen LogP contribution in [0.1, 0.15) is 72.9 Å². The maximum absolute atomic E-state index is 12.2. The van der Waals surface area contributed by atoms with Crippen LogP contribution in [-0.4, -0.2) is 61.0 Å². The lowest BCUT2D eigenvalue weighted by atomic mass is 9.99. The number of carboxylic acids is 2. The Morgan fingerprint density at radius 3 is 1.79 bits per heavy atom. The van der Waals surface area contributed by atoms with Crippen LogP contribution in [0.2, 0.25) is 0 Å². The molecule has 0 spiro atoms. The van der Waals surface area contributed by atoms with Crippen LogP contribution in [0.15, 0.2) is 77.6 Å². The van der Waals surface area contributed by atoms with Crippen LogP contribution in [0.4, 0.5) is 5.95 Å². The third kappa shape index (κ3) is 9.13. The summed E-state index contributed by atoms with van der Waals surface area (Å²) in [4.78, 5) is 51.4. The van der Waals surface area contributed by atoms with Gasteiger partial charge in [-0.1, -0.05) is 60.0 Å². The van der Waals surface area contributed by atoms with E-state index < -0.39 is 17.5 Å². The van der Waals surface area contributed by atoms with E-state index in [9.17, 15) is 19.2 Å². The van der Waals surface area contributed by atoms with E-state index in [1.165, 1.54) is 0 Å². The minimum Gasteiger partial charge on any atom is -0.478 e. The standard InChI is InChI=1S/C19H21N5O4.2C8H8O2/c1-9-3-5-11(6-4-9)18(26)27-8-12-7-10(2)16(28-12)14-13-15(24-23-14)17(25)22-19(20)21-13;2*1-6-2-4-7(5-3-6)8(9)10/h3-6,10,12,16H,7-8H2,1-2H3,(H,23,24)(H3,20,21,22,25);2*2-5H,1H3,(H,9,10)/t10-,12-,16+;;/m0../s1. The number of nitrogen functional groups attached to an aromatic ring is 1. The van der Waals surface area contributed by atoms with Crippen LogP contribution < -0.4 is 11.3 Å². The lowest BCUT2D eigenvalue weighted by molar-refractivity contribution is -0.0124. The Morgan fingerprint density at radius 1 is 0.833 bits per heavy atom. The fourth-order valence-corrected chi connectivity index (χ4v) is 4.87. The Labute approximate surface area is 275 Å². The molecule has 3 heterocycles. The summed E-state index contributed by atoms with van der Waals surface area (Å²) in [6.45, 7) is 7.97. The first-order valence-corrected chi connectivity index (χ1v) is 15.0. The highest BCUT2D eigenvalue weighted by Gasteiger charge is 2.36. The Balaban J connectivity index is 0.000000212. The molecule has 5 aromatic rings. The third-order valence-electron chi connectivity index (χ3n) is 7.52. The molecule has 3 aromatic carbocycles. The van der Waals surface area contributed by atoms with E-state index in [0.29, 0.717) is 34.3 Å². The number of aryl methyl sites for hydroxylation is 3. The van der Waals surface area contributed by atoms with E-state index in [4.69, 9.17) is 25.4 Å². The lowest BCUT2D eigenvalue weighted by Crippen LogP contribution is -2.18. The number of H-pyrrole nitrogens is 2. The second-order valence-corrected chi connectivity index (χ2v) is 11.5. The molecule has 3 atom stereocenters. The molecule has 250 valence electrons. The van der Waals surface area contributed by atoms with Gasteiger partial charge in [0.1, 0.15) is 18.2 Å². The van der Waals surface area contributed by atoms with Crippen LogP contribution in [0.25, 0.3) is 11.0 Å². The summed E-state index contributed by atoms with van der Waals surface area (Å²) in [7, 11) is 0. The Kier molecular flexibility index (Phi) is 11.4. The minimum absolute atomic E-state index is 0.0226. The number of nitrogens with two attached hydrogens (primary N) is 1. The van der Waals surface area contributed by atoms with E-state index in [0.717, 1.165) is 16.7 Å². The molecule has 13 heteroatoms. The molecular formula is C35H37N5O8. The summed E-state index contributed by atoms with van der Waals surface area (Å²) < 4.78 is 11.5. The molecule has 6 N–H and O–H groups in total. The van der Waals surface area contributed by atoms with Crippen molar-refractivity contribution in [2.24, 2.45) is 5.92 Å². The zero-order chi connectivity index (χ0) is 35.0. The number of ether oxygens (including phenoxy) is 2. The molecule has 1 aliphatic heterocycles. The van der Waals surface area contributed by atoms with E-state index in [2.05, 4.69) is 20.2 Å². The van der Waals surface area contributed by atoms with Crippen molar-refractivity contribution in [3.05, 3.63) is 122 Å². The van der Waals surface area contributed by atoms with E-state index >= 15 is 0 Å².